The quantitative estimate of drug-likeness (QED) is 0.648. The number of hydrogen-bond acceptors (Lipinski definition) is 1. The van der Waals surface area contributed by atoms with Crippen LogP contribution in [0.2, 0.25) is 0 Å². The topological polar surface area (TPSA) is 23.8 Å². The molecule has 0 heterocycles. The van der Waals surface area contributed by atoms with Crippen LogP contribution in [0.3, 0.4) is 0 Å². The molecule has 1 aromatic rings. The molecule has 0 saturated heterocycles. The van der Waals surface area contributed by atoms with Crippen LogP contribution in [0.15, 0.2) is 12.1 Å². The van der Waals surface area contributed by atoms with Gasteiger partial charge in [0.05, 0.1) is 17.2 Å². The van der Waals surface area contributed by atoms with E-state index >= 15 is 0 Å². The molecular weight excluding hydrogens is 263 g/mol. The summed E-state index contributed by atoms with van der Waals surface area (Å²) in [5.74, 6) is 0.0791. The first-order chi connectivity index (χ1) is 9.32. The third-order valence-corrected chi connectivity index (χ3v) is 3.68. The van der Waals surface area contributed by atoms with Crippen LogP contribution in [0.25, 0.3) is 0 Å². The van der Waals surface area contributed by atoms with Gasteiger partial charge in [0.2, 0.25) is 0 Å². The Balaban J connectivity index is 3.15. The maximum Gasteiger partial charge on any atom is 0.417 e. The molecule has 0 N–H and O–H groups in total. The van der Waals surface area contributed by atoms with Gasteiger partial charge in [0.1, 0.15) is 0 Å². The number of unbranched alkanes of at least 4 members (excludes halogenated alkanes) is 2. The first kappa shape index (κ1) is 16.6. The molecule has 1 unspecified atom stereocenters. The van der Waals surface area contributed by atoms with Gasteiger partial charge in [0.15, 0.2) is 0 Å². The molecule has 0 aliphatic heterocycles. The second kappa shape index (κ2) is 6.78. The lowest BCUT2D eigenvalue weighted by atomic mass is 9.87. The molecule has 0 saturated carbocycles. The van der Waals surface area contributed by atoms with Gasteiger partial charge in [-0.25, -0.2) is 0 Å². The molecule has 1 rings (SSSR count). The zero-order valence-electron chi connectivity index (χ0n) is 12.1. The van der Waals surface area contributed by atoms with E-state index in [1.54, 1.807) is 12.1 Å². The molecule has 1 atom stereocenters. The summed E-state index contributed by atoms with van der Waals surface area (Å²) in [6, 6.07) is 4.60. The average molecular weight is 283 g/mol. The molecule has 0 spiro atoms. The van der Waals surface area contributed by atoms with Crippen molar-refractivity contribution in [3.05, 3.63) is 34.4 Å². The molecule has 1 nitrogen and oxygen atoms in total. The van der Waals surface area contributed by atoms with E-state index in [4.69, 9.17) is 5.26 Å². The van der Waals surface area contributed by atoms with E-state index in [1.807, 2.05) is 6.92 Å². The van der Waals surface area contributed by atoms with Crippen LogP contribution in [0.1, 0.15) is 67.7 Å². The summed E-state index contributed by atoms with van der Waals surface area (Å²) in [5, 5.41) is 8.86. The first-order valence-electron chi connectivity index (χ1n) is 6.93. The Morgan fingerprint density at radius 2 is 1.90 bits per heavy atom. The smallest absolute Gasteiger partial charge is 0.192 e. The lowest BCUT2D eigenvalue weighted by Crippen LogP contribution is -2.13. The van der Waals surface area contributed by atoms with Gasteiger partial charge in [-0.05, 0) is 36.5 Å². The van der Waals surface area contributed by atoms with E-state index in [0.29, 0.717) is 5.56 Å². The summed E-state index contributed by atoms with van der Waals surface area (Å²) in [4.78, 5) is 0. The molecule has 20 heavy (non-hydrogen) atoms. The van der Waals surface area contributed by atoms with Gasteiger partial charge in [-0.3, -0.25) is 0 Å². The number of nitrogens with zero attached hydrogens (tertiary/aromatic N) is 1. The third kappa shape index (κ3) is 3.75. The number of alkyl halides is 3. The average Bonchev–Trinajstić information content (AvgIpc) is 2.36. The predicted molar refractivity (Wildman–Crippen MR) is 73.5 cm³/mol. The van der Waals surface area contributed by atoms with E-state index in [2.05, 4.69) is 6.92 Å². The molecular formula is C16H20F3N. The first-order valence-corrected chi connectivity index (χ1v) is 6.93. The number of halogens is 3. The van der Waals surface area contributed by atoms with Crippen molar-refractivity contribution in [2.24, 2.45) is 0 Å². The Hall–Kier alpha value is -1.50. The third-order valence-electron chi connectivity index (χ3n) is 3.68. The normalized spacial score (nSPS) is 13.1. The van der Waals surface area contributed by atoms with E-state index in [0.717, 1.165) is 25.7 Å². The maximum absolute atomic E-state index is 13.1. The zero-order valence-corrected chi connectivity index (χ0v) is 12.1. The van der Waals surface area contributed by atoms with Crippen molar-refractivity contribution >= 4 is 0 Å². The highest BCUT2D eigenvalue weighted by Gasteiger charge is 2.36. The van der Waals surface area contributed by atoms with Crippen molar-refractivity contribution in [2.45, 2.75) is 58.5 Å². The monoisotopic (exact) mass is 283 g/mol. The van der Waals surface area contributed by atoms with E-state index in [-0.39, 0.29) is 17.0 Å². The molecule has 0 bridgehead atoms. The maximum atomic E-state index is 13.1. The number of benzene rings is 1. The van der Waals surface area contributed by atoms with Crippen LogP contribution in [0.4, 0.5) is 13.2 Å². The fourth-order valence-corrected chi connectivity index (χ4v) is 2.58. The zero-order chi connectivity index (χ0) is 15.3. The second-order valence-corrected chi connectivity index (χ2v) is 5.21. The van der Waals surface area contributed by atoms with Crippen molar-refractivity contribution in [3.63, 3.8) is 0 Å². The Morgan fingerprint density at radius 3 is 2.40 bits per heavy atom. The number of nitriles is 1. The van der Waals surface area contributed by atoms with Gasteiger partial charge >= 0.3 is 6.18 Å². The second-order valence-electron chi connectivity index (χ2n) is 5.21. The van der Waals surface area contributed by atoms with E-state index < -0.39 is 11.7 Å². The van der Waals surface area contributed by atoms with Crippen molar-refractivity contribution in [1.82, 2.24) is 0 Å². The lowest BCUT2D eigenvalue weighted by Gasteiger charge is -2.19. The van der Waals surface area contributed by atoms with E-state index in [9.17, 15) is 13.2 Å². The molecule has 4 heteroatoms. The molecule has 0 radical (unpaired) electrons. The Morgan fingerprint density at radius 1 is 1.25 bits per heavy atom. The van der Waals surface area contributed by atoms with Crippen molar-refractivity contribution in [1.29, 1.82) is 5.26 Å². The van der Waals surface area contributed by atoms with Gasteiger partial charge in [0, 0.05) is 0 Å². The lowest BCUT2D eigenvalue weighted by molar-refractivity contribution is -0.138. The van der Waals surface area contributed by atoms with Crippen LogP contribution in [0.5, 0.6) is 0 Å². The molecule has 0 aromatic heterocycles. The van der Waals surface area contributed by atoms with Crippen LogP contribution < -0.4 is 0 Å². The molecule has 110 valence electrons. The van der Waals surface area contributed by atoms with Gasteiger partial charge in [0.25, 0.3) is 0 Å². The predicted octanol–water partition coefficient (Wildman–Crippen LogP) is 5.57. The van der Waals surface area contributed by atoms with Gasteiger partial charge in [-0.1, -0.05) is 39.2 Å². The molecule has 0 aliphatic rings. The van der Waals surface area contributed by atoms with Crippen LogP contribution in [0, 0.1) is 18.3 Å². The Labute approximate surface area is 118 Å². The fourth-order valence-electron chi connectivity index (χ4n) is 2.58. The minimum Gasteiger partial charge on any atom is -0.192 e. The Bertz CT molecular complexity index is 498. The summed E-state index contributed by atoms with van der Waals surface area (Å²) in [7, 11) is 0. The van der Waals surface area contributed by atoms with Crippen molar-refractivity contribution < 1.29 is 13.2 Å². The molecule has 1 aromatic carbocycles. The fraction of sp³-hybridized carbons (Fsp3) is 0.562. The van der Waals surface area contributed by atoms with Crippen molar-refractivity contribution in [2.75, 3.05) is 0 Å². The summed E-state index contributed by atoms with van der Waals surface area (Å²) in [5.41, 5.74) is -0.174. The summed E-state index contributed by atoms with van der Waals surface area (Å²) in [6.07, 6.45) is -0.413. The van der Waals surface area contributed by atoms with Gasteiger partial charge < -0.3 is 0 Å². The number of rotatable bonds is 5. The van der Waals surface area contributed by atoms with Crippen molar-refractivity contribution in [3.8, 4) is 6.07 Å². The minimum atomic E-state index is -4.48. The van der Waals surface area contributed by atoms with Crippen LogP contribution >= 0.6 is 0 Å². The van der Waals surface area contributed by atoms with Gasteiger partial charge in [-0.2, -0.15) is 18.4 Å². The summed E-state index contributed by atoms with van der Waals surface area (Å²) < 4.78 is 39.3. The molecule has 0 amide bonds. The summed E-state index contributed by atoms with van der Waals surface area (Å²) in [6.45, 7) is 5.51. The molecule has 0 aliphatic carbocycles. The van der Waals surface area contributed by atoms with Crippen LogP contribution in [-0.4, -0.2) is 0 Å². The number of hydrogen-bond donors (Lipinski definition) is 0. The highest BCUT2D eigenvalue weighted by atomic mass is 19.4. The highest BCUT2D eigenvalue weighted by Crippen LogP contribution is 2.38. The standard InChI is InChI=1S/C16H20F3N/c1-4-5-6-7-11(2)14-9-8-13(10-20)15(12(14)3)16(17,18)19/h8-9,11H,4-7H2,1-3H3. The van der Waals surface area contributed by atoms with Gasteiger partial charge in [-0.15, -0.1) is 0 Å². The van der Waals surface area contributed by atoms with E-state index in [1.165, 1.54) is 13.0 Å². The highest BCUT2D eigenvalue weighted by molar-refractivity contribution is 5.48. The minimum absolute atomic E-state index is 0.0791. The van der Waals surface area contributed by atoms with Crippen LogP contribution in [-0.2, 0) is 6.18 Å². The SMILES string of the molecule is CCCCCC(C)c1ccc(C#N)c(C(F)(F)F)c1C. The molecule has 0 fully saturated rings. The Kier molecular flexibility index (Phi) is 5.62. The largest absolute Gasteiger partial charge is 0.417 e. The summed E-state index contributed by atoms with van der Waals surface area (Å²) >= 11 is 0.